The maximum absolute atomic E-state index is 3.90. The van der Waals surface area contributed by atoms with Crippen LogP contribution in [0.3, 0.4) is 0 Å². The van der Waals surface area contributed by atoms with E-state index in [1.54, 1.807) is 0 Å². The summed E-state index contributed by atoms with van der Waals surface area (Å²) in [6.07, 6.45) is 7.13. The third kappa shape index (κ3) is 2.75. The van der Waals surface area contributed by atoms with Gasteiger partial charge in [0.05, 0.1) is 0 Å². The van der Waals surface area contributed by atoms with Crippen LogP contribution < -0.4 is 5.32 Å². The van der Waals surface area contributed by atoms with Crippen LogP contribution in [0.25, 0.3) is 0 Å². The lowest BCUT2D eigenvalue weighted by Gasteiger charge is -2.41. The van der Waals surface area contributed by atoms with E-state index in [2.05, 4.69) is 33.0 Å². The average Bonchev–Trinajstić information content (AvgIpc) is 2.81. The summed E-state index contributed by atoms with van der Waals surface area (Å²) in [5.74, 6) is 1.83. The molecular weight excluding hydrogens is 182 g/mol. The number of hydrogen-bond donors (Lipinski definition) is 1. The van der Waals surface area contributed by atoms with Crippen molar-refractivity contribution < 1.29 is 0 Å². The minimum Gasteiger partial charge on any atom is -0.311 e. The van der Waals surface area contributed by atoms with E-state index in [0.29, 0.717) is 5.41 Å². The van der Waals surface area contributed by atoms with Gasteiger partial charge in [0.2, 0.25) is 0 Å². The molecule has 0 heterocycles. The van der Waals surface area contributed by atoms with E-state index < -0.39 is 0 Å². The second-order valence-electron chi connectivity index (χ2n) is 6.85. The molecule has 2 fully saturated rings. The van der Waals surface area contributed by atoms with Gasteiger partial charge in [-0.1, -0.05) is 40.5 Å². The van der Waals surface area contributed by atoms with Crippen LogP contribution in [0.4, 0.5) is 0 Å². The van der Waals surface area contributed by atoms with Crippen molar-refractivity contribution in [2.75, 3.05) is 0 Å². The van der Waals surface area contributed by atoms with Crippen LogP contribution in [0.15, 0.2) is 0 Å². The summed E-state index contributed by atoms with van der Waals surface area (Å²) in [5, 5.41) is 3.90. The molecule has 0 radical (unpaired) electrons. The largest absolute Gasteiger partial charge is 0.311 e. The van der Waals surface area contributed by atoms with Crippen molar-refractivity contribution >= 4 is 0 Å². The van der Waals surface area contributed by atoms with Crippen molar-refractivity contribution in [3.8, 4) is 0 Å². The van der Waals surface area contributed by atoms with Crippen molar-refractivity contribution in [3.05, 3.63) is 0 Å². The predicted octanol–water partition coefficient (Wildman–Crippen LogP) is 3.59. The van der Waals surface area contributed by atoms with Gasteiger partial charge in [-0.3, -0.25) is 0 Å². The maximum atomic E-state index is 3.90. The van der Waals surface area contributed by atoms with Gasteiger partial charge in [0, 0.05) is 12.1 Å². The van der Waals surface area contributed by atoms with Crippen molar-refractivity contribution in [3.63, 3.8) is 0 Å². The highest BCUT2D eigenvalue weighted by molar-refractivity contribution is 4.96. The SMILES string of the molecule is CC1CC1NC1CCCCC1C(C)(C)C. The molecule has 2 aliphatic rings. The zero-order valence-electron chi connectivity index (χ0n) is 10.8. The van der Waals surface area contributed by atoms with E-state index in [1.807, 2.05) is 0 Å². The number of rotatable bonds is 2. The molecule has 0 aromatic carbocycles. The van der Waals surface area contributed by atoms with Gasteiger partial charge in [-0.25, -0.2) is 0 Å². The molecule has 2 saturated carbocycles. The highest BCUT2D eigenvalue weighted by atomic mass is 15.0. The third-order valence-corrected chi connectivity index (χ3v) is 4.42. The van der Waals surface area contributed by atoms with Crippen LogP contribution in [0.1, 0.15) is 59.8 Å². The fourth-order valence-electron chi connectivity index (χ4n) is 3.20. The molecule has 0 aliphatic heterocycles. The molecule has 0 amide bonds. The van der Waals surface area contributed by atoms with Crippen LogP contribution in [-0.2, 0) is 0 Å². The van der Waals surface area contributed by atoms with E-state index in [-0.39, 0.29) is 0 Å². The predicted molar refractivity (Wildman–Crippen MR) is 65.9 cm³/mol. The summed E-state index contributed by atoms with van der Waals surface area (Å²) in [5.41, 5.74) is 0.482. The van der Waals surface area contributed by atoms with Crippen molar-refractivity contribution in [1.82, 2.24) is 5.32 Å². The summed E-state index contributed by atoms with van der Waals surface area (Å²) in [6.45, 7) is 9.60. The second kappa shape index (κ2) is 4.08. The third-order valence-electron chi connectivity index (χ3n) is 4.42. The first-order valence-electron chi connectivity index (χ1n) is 6.74. The molecule has 0 aromatic heterocycles. The number of hydrogen-bond acceptors (Lipinski definition) is 1. The molecule has 2 aliphatic carbocycles. The Morgan fingerprint density at radius 1 is 1.00 bits per heavy atom. The van der Waals surface area contributed by atoms with Gasteiger partial charge in [-0.05, 0) is 36.5 Å². The Morgan fingerprint density at radius 2 is 1.60 bits per heavy atom. The lowest BCUT2D eigenvalue weighted by molar-refractivity contribution is 0.129. The minimum absolute atomic E-state index is 0.482. The summed E-state index contributed by atoms with van der Waals surface area (Å²) in [6, 6.07) is 1.65. The molecular formula is C14H27N. The highest BCUT2D eigenvalue weighted by Gasteiger charge is 2.39. The Labute approximate surface area is 95.0 Å². The van der Waals surface area contributed by atoms with E-state index in [0.717, 1.165) is 23.9 Å². The first-order valence-corrected chi connectivity index (χ1v) is 6.74. The van der Waals surface area contributed by atoms with Crippen LogP contribution in [0.5, 0.6) is 0 Å². The lowest BCUT2D eigenvalue weighted by atomic mass is 9.69. The fourth-order valence-corrected chi connectivity index (χ4v) is 3.20. The van der Waals surface area contributed by atoms with Crippen LogP contribution >= 0.6 is 0 Å². The molecule has 15 heavy (non-hydrogen) atoms. The Kier molecular flexibility index (Phi) is 3.12. The van der Waals surface area contributed by atoms with E-state index in [1.165, 1.54) is 32.1 Å². The van der Waals surface area contributed by atoms with Gasteiger partial charge in [0.15, 0.2) is 0 Å². The first-order chi connectivity index (χ1) is 6.98. The van der Waals surface area contributed by atoms with Crippen molar-refractivity contribution in [1.29, 1.82) is 0 Å². The molecule has 1 N–H and O–H groups in total. The highest BCUT2D eigenvalue weighted by Crippen LogP contribution is 2.40. The second-order valence-corrected chi connectivity index (χ2v) is 6.85. The summed E-state index contributed by atoms with van der Waals surface area (Å²) in [4.78, 5) is 0. The maximum Gasteiger partial charge on any atom is 0.0103 e. The van der Waals surface area contributed by atoms with Gasteiger partial charge in [-0.15, -0.1) is 0 Å². The number of nitrogens with one attached hydrogen (secondary N) is 1. The van der Waals surface area contributed by atoms with Gasteiger partial charge >= 0.3 is 0 Å². The molecule has 88 valence electrons. The smallest absolute Gasteiger partial charge is 0.0103 e. The van der Waals surface area contributed by atoms with Crippen molar-refractivity contribution in [2.24, 2.45) is 17.3 Å². The Morgan fingerprint density at radius 3 is 2.13 bits per heavy atom. The molecule has 0 saturated heterocycles. The molecule has 4 unspecified atom stereocenters. The average molecular weight is 209 g/mol. The lowest BCUT2D eigenvalue weighted by Crippen LogP contribution is -2.45. The summed E-state index contributed by atoms with van der Waals surface area (Å²) in [7, 11) is 0. The molecule has 4 atom stereocenters. The molecule has 0 spiro atoms. The van der Waals surface area contributed by atoms with E-state index in [9.17, 15) is 0 Å². The summed E-state index contributed by atoms with van der Waals surface area (Å²) >= 11 is 0. The van der Waals surface area contributed by atoms with E-state index in [4.69, 9.17) is 0 Å². The minimum atomic E-state index is 0.482. The standard InChI is InChI=1S/C14H27N/c1-10-9-13(10)15-12-8-6-5-7-11(12)14(2,3)4/h10-13,15H,5-9H2,1-4H3. The van der Waals surface area contributed by atoms with Crippen LogP contribution in [0, 0.1) is 17.3 Å². The van der Waals surface area contributed by atoms with Gasteiger partial charge in [-0.2, -0.15) is 0 Å². The molecule has 2 rings (SSSR count). The van der Waals surface area contributed by atoms with E-state index >= 15 is 0 Å². The normalized spacial score (nSPS) is 41.6. The zero-order chi connectivity index (χ0) is 11.1. The molecule has 1 nitrogen and oxygen atoms in total. The summed E-state index contributed by atoms with van der Waals surface area (Å²) < 4.78 is 0. The molecule has 0 aromatic rings. The Hall–Kier alpha value is -0.0400. The fraction of sp³-hybridized carbons (Fsp3) is 1.00. The topological polar surface area (TPSA) is 12.0 Å². The van der Waals surface area contributed by atoms with Crippen LogP contribution in [0.2, 0.25) is 0 Å². The van der Waals surface area contributed by atoms with Gasteiger partial charge in [0.1, 0.15) is 0 Å². The molecule has 0 bridgehead atoms. The van der Waals surface area contributed by atoms with Crippen molar-refractivity contribution in [2.45, 2.75) is 71.9 Å². The quantitative estimate of drug-likeness (QED) is 0.733. The molecule has 1 heteroatoms. The first kappa shape index (κ1) is 11.4. The van der Waals surface area contributed by atoms with Gasteiger partial charge in [0.25, 0.3) is 0 Å². The Bertz CT molecular complexity index is 216. The monoisotopic (exact) mass is 209 g/mol. The van der Waals surface area contributed by atoms with Gasteiger partial charge < -0.3 is 5.32 Å². The Balaban J connectivity index is 1.93. The van der Waals surface area contributed by atoms with Crippen LogP contribution in [-0.4, -0.2) is 12.1 Å². The zero-order valence-corrected chi connectivity index (χ0v) is 10.8.